The Hall–Kier alpha value is -3.63. The lowest BCUT2D eigenvalue weighted by molar-refractivity contribution is -0.141. The van der Waals surface area contributed by atoms with Crippen molar-refractivity contribution in [2.75, 3.05) is 11.9 Å². The summed E-state index contributed by atoms with van der Waals surface area (Å²) in [6.45, 7) is 3.65. The maximum absolute atomic E-state index is 14.1. The summed E-state index contributed by atoms with van der Waals surface area (Å²) >= 11 is 0. The van der Waals surface area contributed by atoms with E-state index in [0.29, 0.717) is 24.9 Å². The average Bonchev–Trinajstić information content (AvgIpc) is 2.79. The summed E-state index contributed by atoms with van der Waals surface area (Å²) in [5.41, 5.74) is -0.351. The van der Waals surface area contributed by atoms with Crippen molar-refractivity contribution in [3.05, 3.63) is 65.5 Å². The second-order valence-corrected chi connectivity index (χ2v) is 8.11. The van der Waals surface area contributed by atoms with Gasteiger partial charge in [0.1, 0.15) is 11.5 Å². The van der Waals surface area contributed by atoms with Crippen molar-refractivity contribution < 1.29 is 22.4 Å². The molecular formula is C23H22F4N6O. The first-order chi connectivity index (χ1) is 16.1. The van der Waals surface area contributed by atoms with Crippen LogP contribution in [0, 0.1) is 12.7 Å². The normalized spacial score (nSPS) is 18.6. The van der Waals surface area contributed by atoms with Crippen LogP contribution in [0.15, 0.2) is 42.7 Å². The van der Waals surface area contributed by atoms with Crippen molar-refractivity contribution in [1.82, 2.24) is 24.8 Å². The number of hydrogen-bond donors (Lipinski definition) is 1. The topological polar surface area (TPSA) is 83.9 Å². The van der Waals surface area contributed by atoms with Crippen LogP contribution in [0.25, 0.3) is 11.4 Å². The minimum absolute atomic E-state index is 0.116. The fourth-order valence-corrected chi connectivity index (χ4v) is 4.05. The van der Waals surface area contributed by atoms with Crippen LogP contribution < -0.4 is 5.32 Å². The Bertz CT molecular complexity index is 1190. The Morgan fingerprint density at radius 1 is 1.15 bits per heavy atom. The fraction of sp³-hybridized carbons (Fsp3) is 0.348. The first-order valence-electron chi connectivity index (χ1n) is 10.7. The number of carbonyl (C=O) groups is 1. The summed E-state index contributed by atoms with van der Waals surface area (Å²) in [6.07, 6.45) is -0.349. The standard InChI is InChI=1S/C23H22F4N6O/c1-13-11-19(23(25,26)27)32-22(30-13)31-18-5-3-10-33(14(18)2)21(34)17-12-15(24)6-7-16(17)20-28-8-4-9-29-20/h4,6-9,11-12,14,18H,3,5,10H2,1-2H3,(H,30,31,32)/t14-,18+/m0/s1. The molecule has 11 heteroatoms. The number of aromatic nitrogens is 4. The zero-order valence-corrected chi connectivity index (χ0v) is 18.5. The third-order valence-electron chi connectivity index (χ3n) is 5.73. The van der Waals surface area contributed by atoms with Crippen LogP contribution in [0.4, 0.5) is 23.5 Å². The van der Waals surface area contributed by atoms with Crippen molar-refractivity contribution in [2.24, 2.45) is 0 Å². The van der Waals surface area contributed by atoms with E-state index < -0.39 is 35.7 Å². The maximum atomic E-state index is 14.1. The Morgan fingerprint density at radius 3 is 2.59 bits per heavy atom. The highest BCUT2D eigenvalue weighted by Gasteiger charge is 2.36. The molecule has 2 atom stereocenters. The van der Waals surface area contributed by atoms with Gasteiger partial charge in [0.05, 0.1) is 5.56 Å². The predicted molar refractivity (Wildman–Crippen MR) is 116 cm³/mol. The highest BCUT2D eigenvalue weighted by Crippen LogP contribution is 2.30. The summed E-state index contributed by atoms with van der Waals surface area (Å²) in [5, 5.41) is 2.96. The van der Waals surface area contributed by atoms with Gasteiger partial charge in [-0.25, -0.2) is 24.3 Å². The summed E-state index contributed by atoms with van der Waals surface area (Å²) in [5.74, 6) is -0.849. The number of nitrogens with one attached hydrogen (secondary N) is 1. The van der Waals surface area contributed by atoms with E-state index in [1.165, 1.54) is 31.5 Å². The lowest BCUT2D eigenvalue weighted by atomic mass is 9.95. The van der Waals surface area contributed by atoms with Crippen LogP contribution in [0.1, 0.15) is 41.5 Å². The third-order valence-corrected chi connectivity index (χ3v) is 5.73. The molecule has 3 heterocycles. The molecule has 0 radical (unpaired) electrons. The van der Waals surface area contributed by atoms with Gasteiger partial charge < -0.3 is 10.2 Å². The molecule has 0 unspecified atom stereocenters. The van der Waals surface area contributed by atoms with E-state index in [1.807, 2.05) is 0 Å². The first kappa shape index (κ1) is 23.5. The lowest BCUT2D eigenvalue weighted by Gasteiger charge is -2.40. The summed E-state index contributed by atoms with van der Waals surface area (Å²) in [4.78, 5) is 31.1. The molecule has 0 aliphatic carbocycles. The van der Waals surface area contributed by atoms with Crippen LogP contribution in [0.5, 0.6) is 0 Å². The van der Waals surface area contributed by atoms with Gasteiger partial charge >= 0.3 is 6.18 Å². The van der Waals surface area contributed by atoms with Gasteiger partial charge in [0.2, 0.25) is 5.95 Å². The number of anilines is 1. The largest absolute Gasteiger partial charge is 0.433 e. The monoisotopic (exact) mass is 474 g/mol. The molecule has 1 amide bonds. The van der Waals surface area contributed by atoms with Crippen molar-refractivity contribution in [1.29, 1.82) is 0 Å². The molecule has 1 aliphatic heterocycles. The van der Waals surface area contributed by atoms with E-state index >= 15 is 0 Å². The number of likely N-dealkylation sites (tertiary alicyclic amines) is 1. The minimum Gasteiger partial charge on any atom is -0.349 e. The molecule has 1 N–H and O–H groups in total. The molecule has 3 aromatic rings. The van der Waals surface area contributed by atoms with Crippen molar-refractivity contribution in [2.45, 2.75) is 44.9 Å². The molecule has 178 valence electrons. The molecule has 0 bridgehead atoms. The number of alkyl halides is 3. The number of amides is 1. The van der Waals surface area contributed by atoms with Crippen LogP contribution in [0.2, 0.25) is 0 Å². The van der Waals surface area contributed by atoms with Crippen LogP contribution in [-0.2, 0) is 6.18 Å². The summed E-state index contributed by atoms with van der Waals surface area (Å²) in [7, 11) is 0. The molecule has 4 rings (SSSR count). The highest BCUT2D eigenvalue weighted by atomic mass is 19.4. The Balaban J connectivity index is 1.60. The van der Waals surface area contributed by atoms with Gasteiger partial charge in [0.15, 0.2) is 5.82 Å². The smallest absolute Gasteiger partial charge is 0.349 e. The van der Waals surface area contributed by atoms with E-state index in [9.17, 15) is 22.4 Å². The highest BCUT2D eigenvalue weighted by molar-refractivity contribution is 6.00. The fourth-order valence-electron chi connectivity index (χ4n) is 4.05. The van der Waals surface area contributed by atoms with E-state index in [4.69, 9.17) is 0 Å². The molecule has 1 fully saturated rings. The van der Waals surface area contributed by atoms with Crippen molar-refractivity contribution in [3.8, 4) is 11.4 Å². The summed E-state index contributed by atoms with van der Waals surface area (Å²) in [6, 6.07) is 5.54. The maximum Gasteiger partial charge on any atom is 0.433 e. The number of hydrogen-bond acceptors (Lipinski definition) is 6. The van der Waals surface area contributed by atoms with E-state index in [-0.39, 0.29) is 23.0 Å². The Labute approximate surface area is 193 Å². The van der Waals surface area contributed by atoms with Gasteiger partial charge in [0.25, 0.3) is 5.91 Å². The van der Waals surface area contributed by atoms with Crippen LogP contribution in [0.3, 0.4) is 0 Å². The number of nitrogens with zero attached hydrogens (tertiary/aromatic N) is 5. The van der Waals surface area contributed by atoms with E-state index in [0.717, 1.165) is 12.1 Å². The number of rotatable bonds is 4. The average molecular weight is 474 g/mol. The second-order valence-electron chi connectivity index (χ2n) is 8.11. The van der Waals surface area contributed by atoms with Gasteiger partial charge in [-0.05, 0) is 57.0 Å². The number of piperidine rings is 1. The zero-order valence-electron chi connectivity index (χ0n) is 18.5. The Morgan fingerprint density at radius 2 is 1.88 bits per heavy atom. The zero-order chi connectivity index (χ0) is 24.5. The molecule has 7 nitrogen and oxygen atoms in total. The van der Waals surface area contributed by atoms with Crippen molar-refractivity contribution in [3.63, 3.8) is 0 Å². The van der Waals surface area contributed by atoms with Gasteiger partial charge in [-0.3, -0.25) is 4.79 Å². The van der Waals surface area contributed by atoms with Gasteiger partial charge in [-0.1, -0.05) is 0 Å². The number of carbonyl (C=O) groups excluding carboxylic acids is 1. The summed E-state index contributed by atoms with van der Waals surface area (Å²) < 4.78 is 53.6. The lowest BCUT2D eigenvalue weighted by Crippen LogP contribution is -2.52. The van der Waals surface area contributed by atoms with Crippen LogP contribution >= 0.6 is 0 Å². The molecule has 1 aromatic carbocycles. The van der Waals surface area contributed by atoms with Gasteiger partial charge in [-0.15, -0.1) is 0 Å². The third kappa shape index (κ3) is 4.97. The van der Waals surface area contributed by atoms with E-state index in [1.54, 1.807) is 17.9 Å². The van der Waals surface area contributed by atoms with Crippen LogP contribution in [-0.4, -0.2) is 49.4 Å². The SMILES string of the molecule is Cc1cc(C(F)(F)F)nc(N[C@@H]2CCCN(C(=O)c3cc(F)ccc3-c3ncccn3)[C@H]2C)n1. The van der Waals surface area contributed by atoms with E-state index in [2.05, 4.69) is 25.3 Å². The molecule has 34 heavy (non-hydrogen) atoms. The number of halogens is 4. The quantitative estimate of drug-likeness (QED) is 0.561. The van der Waals surface area contributed by atoms with Crippen molar-refractivity contribution >= 4 is 11.9 Å². The Kier molecular flexibility index (Phi) is 6.45. The number of benzene rings is 1. The molecule has 2 aromatic heterocycles. The first-order valence-corrected chi connectivity index (χ1v) is 10.7. The van der Waals surface area contributed by atoms with Gasteiger partial charge in [0, 0.05) is 42.3 Å². The molecule has 0 saturated carbocycles. The molecular weight excluding hydrogens is 452 g/mol. The molecule has 1 saturated heterocycles. The number of aryl methyl sites for hydroxylation is 1. The predicted octanol–water partition coefficient (Wildman–Crippen LogP) is 4.51. The molecule has 1 aliphatic rings. The molecule has 0 spiro atoms. The second kappa shape index (κ2) is 9.32. The minimum atomic E-state index is -4.60. The van der Waals surface area contributed by atoms with Gasteiger partial charge in [-0.2, -0.15) is 13.2 Å².